The van der Waals surface area contributed by atoms with Crippen LogP contribution in [0, 0.1) is 29.9 Å². The maximum atomic E-state index is 13.6. The van der Waals surface area contributed by atoms with Crippen molar-refractivity contribution in [3.05, 3.63) is 53.4 Å². The highest BCUT2D eigenvalue weighted by Crippen LogP contribution is 2.30. The molecular weight excluding hydrogens is 260 g/mol. The second kappa shape index (κ2) is 4.42. The third-order valence-corrected chi connectivity index (χ3v) is 3.17. The first-order chi connectivity index (χ1) is 9.60. The first kappa shape index (κ1) is 12.3. The molecule has 3 rings (SSSR count). The van der Waals surface area contributed by atoms with E-state index in [1.807, 2.05) is 6.07 Å². The van der Waals surface area contributed by atoms with Crippen molar-refractivity contribution in [3.63, 3.8) is 0 Å². The van der Waals surface area contributed by atoms with Gasteiger partial charge in [0.1, 0.15) is 17.7 Å². The van der Waals surface area contributed by atoms with Gasteiger partial charge >= 0.3 is 0 Å². The van der Waals surface area contributed by atoms with Gasteiger partial charge in [0, 0.05) is 17.1 Å². The summed E-state index contributed by atoms with van der Waals surface area (Å²) in [4.78, 5) is 7.09. The maximum absolute atomic E-state index is 13.6. The van der Waals surface area contributed by atoms with Crippen molar-refractivity contribution < 1.29 is 8.78 Å². The molecule has 2 aromatic heterocycles. The number of pyridine rings is 1. The molecule has 0 aliphatic rings. The van der Waals surface area contributed by atoms with Crippen molar-refractivity contribution in [1.82, 2.24) is 9.97 Å². The SMILES string of the molecule is Cc1nc(-c2c[nH]c3c(C#N)cc(F)cc23)ccc1F. The summed E-state index contributed by atoms with van der Waals surface area (Å²) in [5, 5.41) is 9.57. The fourth-order valence-corrected chi connectivity index (χ4v) is 2.19. The predicted molar refractivity (Wildman–Crippen MR) is 70.9 cm³/mol. The molecule has 3 nitrogen and oxygen atoms in total. The van der Waals surface area contributed by atoms with E-state index in [-0.39, 0.29) is 11.3 Å². The van der Waals surface area contributed by atoms with E-state index in [0.717, 1.165) is 0 Å². The molecule has 1 aromatic carbocycles. The highest BCUT2D eigenvalue weighted by atomic mass is 19.1. The lowest BCUT2D eigenvalue weighted by Gasteiger charge is -2.02. The normalized spacial score (nSPS) is 10.7. The molecule has 2 heterocycles. The average molecular weight is 269 g/mol. The van der Waals surface area contributed by atoms with Crippen LogP contribution in [0.25, 0.3) is 22.2 Å². The Morgan fingerprint density at radius 2 is 2.05 bits per heavy atom. The number of nitriles is 1. The van der Waals surface area contributed by atoms with Gasteiger partial charge in [-0.3, -0.25) is 0 Å². The van der Waals surface area contributed by atoms with Crippen molar-refractivity contribution in [2.24, 2.45) is 0 Å². The van der Waals surface area contributed by atoms with Gasteiger partial charge in [-0.2, -0.15) is 5.26 Å². The standard InChI is InChI=1S/C15H9F2N3/c1-8-13(17)2-3-14(20-8)12-7-19-15-9(6-18)4-10(16)5-11(12)15/h2-5,7,19H,1H3. The number of hydrogen-bond donors (Lipinski definition) is 1. The lowest BCUT2D eigenvalue weighted by Crippen LogP contribution is -1.90. The molecule has 0 spiro atoms. The van der Waals surface area contributed by atoms with Gasteiger partial charge < -0.3 is 4.98 Å². The number of fused-ring (bicyclic) bond motifs is 1. The average Bonchev–Trinajstić information content (AvgIpc) is 2.84. The molecule has 0 bridgehead atoms. The number of aromatic amines is 1. The molecule has 0 unspecified atom stereocenters. The predicted octanol–water partition coefficient (Wildman–Crippen LogP) is 3.69. The van der Waals surface area contributed by atoms with Crippen LogP contribution in [-0.4, -0.2) is 9.97 Å². The Morgan fingerprint density at radius 3 is 2.75 bits per heavy atom. The zero-order valence-corrected chi connectivity index (χ0v) is 10.5. The van der Waals surface area contributed by atoms with Crippen molar-refractivity contribution in [2.75, 3.05) is 0 Å². The van der Waals surface area contributed by atoms with E-state index in [1.165, 1.54) is 24.3 Å². The number of benzene rings is 1. The molecule has 0 aliphatic carbocycles. The minimum atomic E-state index is -0.492. The molecule has 98 valence electrons. The van der Waals surface area contributed by atoms with Crippen LogP contribution < -0.4 is 0 Å². The zero-order valence-electron chi connectivity index (χ0n) is 10.5. The van der Waals surface area contributed by atoms with E-state index in [1.54, 1.807) is 13.1 Å². The van der Waals surface area contributed by atoms with Gasteiger partial charge in [0.2, 0.25) is 0 Å². The minimum absolute atomic E-state index is 0.227. The second-order valence-electron chi connectivity index (χ2n) is 4.45. The summed E-state index contributed by atoms with van der Waals surface area (Å²) in [6.45, 7) is 1.56. The molecule has 0 amide bonds. The molecule has 0 saturated carbocycles. The topological polar surface area (TPSA) is 52.5 Å². The Bertz CT molecular complexity index is 859. The molecule has 0 radical (unpaired) electrons. The van der Waals surface area contributed by atoms with Crippen molar-refractivity contribution >= 4 is 10.9 Å². The number of aromatic nitrogens is 2. The van der Waals surface area contributed by atoms with Gasteiger partial charge in [0.25, 0.3) is 0 Å². The Morgan fingerprint density at radius 1 is 1.25 bits per heavy atom. The van der Waals surface area contributed by atoms with Crippen molar-refractivity contribution in [1.29, 1.82) is 5.26 Å². The first-order valence-electron chi connectivity index (χ1n) is 5.94. The monoisotopic (exact) mass is 269 g/mol. The van der Waals surface area contributed by atoms with Crippen molar-refractivity contribution in [2.45, 2.75) is 6.92 Å². The van der Waals surface area contributed by atoms with Crippen LogP contribution in [0.4, 0.5) is 8.78 Å². The lowest BCUT2D eigenvalue weighted by molar-refractivity contribution is 0.610. The van der Waals surface area contributed by atoms with E-state index in [9.17, 15) is 8.78 Å². The third kappa shape index (κ3) is 1.82. The van der Waals surface area contributed by atoms with Gasteiger partial charge in [-0.15, -0.1) is 0 Å². The van der Waals surface area contributed by atoms with E-state index >= 15 is 0 Å². The molecule has 0 aliphatic heterocycles. The Hall–Kier alpha value is -2.74. The third-order valence-electron chi connectivity index (χ3n) is 3.17. The summed E-state index contributed by atoms with van der Waals surface area (Å²) in [5.74, 6) is -0.883. The second-order valence-corrected chi connectivity index (χ2v) is 4.45. The molecule has 20 heavy (non-hydrogen) atoms. The van der Waals surface area contributed by atoms with Gasteiger partial charge in [-0.1, -0.05) is 0 Å². The minimum Gasteiger partial charge on any atom is -0.359 e. The van der Waals surface area contributed by atoms with Gasteiger partial charge in [0.05, 0.1) is 22.5 Å². The molecule has 0 atom stereocenters. The summed E-state index contributed by atoms with van der Waals surface area (Å²) >= 11 is 0. The van der Waals surface area contributed by atoms with Gasteiger partial charge in [0.15, 0.2) is 0 Å². The van der Waals surface area contributed by atoms with Crippen LogP contribution in [0.15, 0.2) is 30.5 Å². The number of halogens is 2. The van der Waals surface area contributed by atoms with Crippen LogP contribution in [0.3, 0.4) is 0 Å². The smallest absolute Gasteiger partial charge is 0.144 e. The number of nitrogens with zero attached hydrogens (tertiary/aromatic N) is 2. The Labute approximate surface area is 113 Å². The van der Waals surface area contributed by atoms with Gasteiger partial charge in [-0.25, -0.2) is 13.8 Å². The largest absolute Gasteiger partial charge is 0.359 e. The van der Waals surface area contributed by atoms with E-state index in [0.29, 0.717) is 22.2 Å². The molecule has 5 heteroatoms. The van der Waals surface area contributed by atoms with Crippen LogP contribution in [0.5, 0.6) is 0 Å². The van der Waals surface area contributed by atoms with Crippen LogP contribution in [0.1, 0.15) is 11.3 Å². The number of hydrogen-bond acceptors (Lipinski definition) is 2. The van der Waals surface area contributed by atoms with Crippen LogP contribution in [0.2, 0.25) is 0 Å². The van der Waals surface area contributed by atoms with Gasteiger partial charge in [-0.05, 0) is 31.2 Å². The van der Waals surface area contributed by atoms with E-state index < -0.39 is 11.6 Å². The number of nitrogens with one attached hydrogen (secondary N) is 1. The molecule has 0 fully saturated rings. The van der Waals surface area contributed by atoms with E-state index in [2.05, 4.69) is 9.97 Å². The number of H-pyrrole nitrogens is 1. The maximum Gasteiger partial charge on any atom is 0.144 e. The fourth-order valence-electron chi connectivity index (χ4n) is 2.19. The summed E-state index contributed by atoms with van der Waals surface area (Å²) in [7, 11) is 0. The molecule has 3 aromatic rings. The molecule has 1 N–H and O–H groups in total. The van der Waals surface area contributed by atoms with Crippen molar-refractivity contribution in [3.8, 4) is 17.3 Å². The Kier molecular flexibility index (Phi) is 2.72. The summed E-state index contributed by atoms with van der Waals surface area (Å²) in [6, 6.07) is 7.30. The first-order valence-corrected chi connectivity index (χ1v) is 5.94. The Balaban J connectivity index is 2.30. The highest BCUT2D eigenvalue weighted by molar-refractivity contribution is 5.97. The summed E-state index contributed by atoms with van der Waals surface area (Å²) in [5.41, 5.74) is 2.22. The number of aryl methyl sites for hydroxylation is 1. The molecular formula is C15H9F2N3. The van der Waals surface area contributed by atoms with Crippen LogP contribution in [-0.2, 0) is 0 Å². The highest BCUT2D eigenvalue weighted by Gasteiger charge is 2.13. The molecule has 0 saturated heterocycles. The summed E-state index contributed by atoms with van der Waals surface area (Å²) in [6.07, 6.45) is 1.64. The fraction of sp³-hybridized carbons (Fsp3) is 0.0667. The number of rotatable bonds is 1. The lowest BCUT2D eigenvalue weighted by atomic mass is 10.1. The quantitative estimate of drug-likeness (QED) is 0.732. The van der Waals surface area contributed by atoms with Crippen LogP contribution >= 0.6 is 0 Å². The zero-order chi connectivity index (χ0) is 14.3. The summed E-state index contributed by atoms with van der Waals surface area (Å²) < 4.78 is 26.8. The van der Waals surface area contributed by atoms with E-state index in [4.69, 9.17) is 5.26 Å².